The van der Waals surface area contributed by atoms with Crippen LogP contribution in [0.1, 0.15) is 40.9 Å². The lowest BCUT2D eigenvalue weighted by atomic mass is 9.64. The molecule has 32 heavy (non-hydrogen) atoms. The van der Waals surface area contributed by atoms with Crippen molar-refractivity contribution in [1.29, 1.82) is 0 Å². The Morgan fingerprint density at radius 3 is 2.38 bits per heavy atom. The van der Waals surface area contributed by atoms with Crippen LogP contribution < -0.4 is 4.90 Å². The van der Waals surface area contributed by atoms with Gasteiger partial charge in [0.15, 0.2) is 5.71 Å². The molecule has 0 radical (unpaired) electrons. The highest BCUT2D eigenvalue weighted by atomic mass is 16.5. The molecule has 0 atom stereocenters. The number of nitrogens with zero attached hydrogens (tertiary/aromatic N) is 2. The van der Waals surface area contributed by atoms with Crippen molar-refractivity contribution >= 4 is 22.9 Å². The van der Waals surface area contributed by atoms with Crippen LogP contribution in [0.15, 0.2) is 71.8 Å². The first kappa shape index (κ1) is 21.8. The van der Waals surface area contributed by atoms with Gasteiger partial charge in [-0.05, 0) is 57.7 Å². The van der Waals surface area contributed by atoms with Gasteiger partial charge in [0.25, 0.3) is 0 Å². The lowest BCUT2D eigenvalue weighted by Crippen LogP contribution is -2.31. The summed E-state index contributed by atoms with van der Waals surface area (Å²) in [7, 11) is 9.68. The minimum absolute atomic E-state index is 0.202. The molecule has 0 spiro atoms. The molecule has 4 rings (SSSR count). The number of fused-ring (bicyclic) bond motifs is 2. The third-order valence-corrected chi connectivity index (χ3v) is 6.53. The number of carbonyl (C=O) groups is 1. The van der Waals surface area contributed by atoms with Crippen LogP contribution in [-0.4, -0.2) is 51.6 Å². The van der Waals surface area contributed by atoms with Gasteiger partial charge in [0.1, 0.15) is 14.1 Å². The van der Waals surface area contributed by atoms with E-state index in [0.29, 0.717) is 5.56 Å². The first-order valence-electron chi connectivity index (χ1n) is 10.9. The molecule has 0 saturated carbocycles. The zero-order valence-electron chi connectivity index (χ0n) is 20.0. The Morgan fingerprint density at radius 2 is 1.72 bits per heavy atom. The number of ether oxygens (including phenoxy) is 1. The first-order chi connectivity index (χ1) is 15.2. The molecule has 0 N–H and O–H groups in total. The zero-order valence-corrected chi connectivity index (χ0v) is 20.0. The Kier molecular flexibility index (Phi) is 5.41. The fourth-order valence-corrected chi connectivity index (χ4v) is 4.66. The summed E-state index contributed by atoms with van der Waals surface area (Å²) >= 11 is 0. The van der Waals surface area contributed by atoms with E-state index in [0.717, 1.165) is 33.7 Å². The van der Waals surface area contributed by atoms with Crippen molar-refractivity contribution < 1.29 is 14.1 Å². The Morgan fingerprint density at radius 1 is 1.00 bits per heavy atom. The van der Waals surface area contributed by atoms with Gasteiger partial charge >= 0.3 is 5.97 Å². The van der Waals surface area contributed by atoms with Gasteiger partial charge in [-0.3, -0.25) is 0 Å². The summed E-state index contributed by atoms with van der Waals surface area (Å²) in [6, 6.07) is 14.4. The van der Waals surface area contributed by atoms with Crippen LogP contribution in [0.3, 0.4) is 0 Å². The monoisotopic (exact) mass is 427 g/mol. The molecule has 2 aromatic carbocycles. The third kappa shape index (κ3) is 3.40. The van der Waals surface area contributed by atoms with Gasteiger partial charge in [0, 0.05) is 37.3 Å². The normalized spacial score (nSPS) is 16.2. The summed E-state index contributed by atoms with van der Waals surface area (Å²) in [6.45, 7) is 4.57. The molecule has 0 saturated heterocycles. The van der Waals surface area contributed by atoms with Gasteiger partial charge in [0.2, 0.25) is 0 Å². The van der Waals surface area contributed by atoms with Crippen LogP contribution in [0.4, 0.5) is 5.69 Å². The molecule has 0 aromatic heterocycles. The maximum atomic E-state index is 12.7. The fourth-order valence-electron chi connectivity index (χ4n) is 4.66. The second-order valence-electron chi connectivity index (χ2n) is 9.29. The number of hydrogen-bond donors (Lipinski definition) is 0. The lowest BCUT2D eigenvalue weighted by Gasteiger charge is -2.39. The SMILES string of the molecule is COC(=O)c1ccccc1C1=C2C=CC(=[N+](C)C)C=C2C(C)(C)c2cc(N(C)C)ccc21. The zero-order chi connectivity index (χ0) is 23.2. The predicted molar refractivity (Wildman–Crippen MR) is 132 cm³/mol. The quantitative estimate of drug-likeness (QED) is 0.519. The van der Waals surface area contributed by atoms with E-state index >= 15 is 0 Å². The Bertz CT molecular complexity index is 1240. The maximum Gasteiger partial charge on any atom is 0.338 e. The van der Waals surface area contributed by atoms with Crippen molar-refractivity contribution in [1.82, 2.24) is 0 Å². The first-order valence-corrected chi connectivity index (χ1v) is 10.9. The van der Waals surface area contributed by atoms with E-state index < -0.39 is 0 Å². The standard InChI is InChI=1S/C28H31N2O2/c1-28(2)24-16-18(29(3)4)12-14-22(24)26(20-10-8-9-11-21(20)27(31)32-7)23-15-13-19(30(5)6)17-25(23)28/h8-17H,1-7H3/q+1. The number of anilines is 1. The average molecular weight is 428 g/mol. The molecule has 0 amide bonds. The highest BCUT2D eigenvalue weighted by Crippen LogP contribution is 2.50. The van der Waals surface area contributed by atoms with Gasteiger partial charge < -0.3 is 9.64 Å². The highest BCUT2D eigenvalue weighted by molar-refractivity contribution is 6.08. The number of carbonyl (C=O) groups excluding carboxylic acids is 1. The maximum absolute atomic E-state index is 12.7. The Balaban J connectivity index is 2.12. The van der Waals surface area contributed by atoms with Gasteiger partial charge in [-0.2, -0.15) is 0 Å². The lowest BCUT2D eigenvalue weighted by molar-refractivity contribution is -0.462. The summed E-state index contributed by atoms with van der Waals surface area (Å²) in [6.07, 6.45) is 6.62. The van der Waals surface area contributed by atoms with Crippen LogP contribution in [0, 0.1) is 0 Å². The fraction of sp³-hybridized carbons (Fsp3) is 0.286. The van der Waals surface area contributed by atoms with Gasteiger partial charge in [-0.15, -0.1) is 0 Å². The molecule has 0 heterocycles. The van der Waals surface area contributed by atoms with Crippen LogP contribution in [-0.2, 0) is 10.2 Å². The average Bonchev–Trinajstić information content (AvgIpc) is 2.78. The molecule has 4 nitrogen and oxygen atoms in total. The van der Waals surface area contributed by atoms with Crippen molar-refractivity contribution in [3.8, 4) is 0 Å². The van der Waals surface area contributed by atoms with E-state index in [-0.39, 0.29) is 11.4 Å². The van der Waals surface area contributed by atoms with E-state index in [4.69, 9.17) is 4.74 Å². The highest BCUT2D eigenvalue weighted by Gasteiger charge is 2.39. The van der Waals surface area contributed by atoms with Crippen molar-refractivity contribution in [3.05, 3.63) is 94.1 Å². The molecule has 0 bridgehead atoms. The van der Waals surface area contributed by atoms with Gasteiger partial charge in [0.05, 0.1) is 12.7 Å². The summed E-state index contributed by atoms with van der Waals surface area (Å²) in [4.78, 5) is 14.8. The number of hydrogen-bond acceptors (Lipinski definition) is 3. The molecule has 2 aromatic rings. The second kappa shape index (κ2) is 7.94. The van der Waals surface area contributed by atoms with Crippen molar-refractivity contribution in [3.63, 3.8) is 0 Å². The van der Waals surface area contributed by atoms with E-state index in [1.54, 1.807) is 0 Å². The number of rotatable bonds is 3. The van der Waals surface area contributed by atoms with E-state index in [9.17, 15) is 4.79 Å². The predicted octanol–water partition coefficient (Wildman–Crippen LogP) is 4.84. The smallest absolute Gasteiger partial charge is 0.338 e. The molecule has 0 fully saturated rings. The van der Waals surface area contributed by atoms with E-state index in [2.05, 4.69) is 87.9 Å². The van der Waals surface area contributed by atoms with Gasteiger partial charge in [-0.1, -0.05) is 38.1 Å². The van der Waals surface area contributed by atoms with Crippen molar-refractivity contribution in [2.24, 2.45) is 0 Å². The summed E-state index contributed by atoms with van der Waals surface area (Å²) in [5.41, 5.74) is 9.47. The molecule has 4 heteroatoms. The molecule has 164 valence electrons. The largest absolute Gasteiger partial charge is 0.465 e. The molecule has 0 aliphatic heterocycles. The Hall–Kier alpha value is -3.40. The summed E-state index contributed by atoms with van der Waals surface area (Å²) in [5, 5.41) is 0. The molecule has 2 aliphatic carbocycles. The topological polar surface area (TPSA) is 32.6 Å². The van der Waals surface area contributed by atoms with Crippen molar-refractivity contribution in [2.45, 2.75) is 19.3 Å². The number of benzene rings is 2. The summed E-state index contributed by atoms with van der Waals surface area (Å²) < 4.78 is 7.25. The van der Waals surface area contributed by atoms with E-state index in [1.165, 1.54) is 18.2 Å². The minimum atomic E-state index is -0.323. The van der Waals surface area contributed by atoms with Crippen LogP contribution in [0.25, 0.3) is 5.57 Å². The number of allylic oxidation sites excluding steroid dienone is 5. The molecule has 0 unspecified atom stereocenters. The molecular formula is C28H31N2O2+. The number of esters is 1. The third-order valence-electron chi connectivity index (χ3n) is 6.53. The second-order valence-corrected chi connectivity index (χ2v) is 9.29. The van der Waals surface area contributed by atoms with E-state index in [1.807, 2.05) is 24.3 Å². The van der Waals surface area contributed by atoms with Gasteiger partial charge in [-0.25, -0.2) is 9.37 Å². The minimum Gasteiger partial charge on any atom is -0.465 e. The molecule has 2 aliphatic rings. The van der Waals surface area contributed by atoms with Crippen LogP contribution >= 0.6 is 0 Å². The number of methoxy groups -OCH3 is 1. The Labute approximate surface area is 190 Å². The van der Waals surface area contributed by atoms with Crippen LogP contribution in [0.5, 0.6) is 0 Å². The van der Waals surface area contributed by atoms with Crippen molar-refractivity contribution in [2.75, 3.05) is 40.2 Å². The van der Waals surface area contributed by atoms with Crippen LogP contribution in [0.2, 0.25) is 0 Å². The summed E-state index contributed by atoms with van der Waals surface area (Å²) in [5.74, 6) is -0.323. The molecular weight excluding hydrogens is 396 g/mol.